The van der Waals surface area contributed by atoms with Crippen molar-refractivity contribution in [1.29, 1.82) is 0 Å². The van der Waals surface area contributed by atoms with Crippen LogP contribution in [0.5, 0.6) is 0 Å². The van der Waals surface area contributed by atoms with Crippen LogP contribution >= 0.6 is 0 Å². The van der Waals surface area contributed by atoms with Gasteiger partial charge >= 0.3 is 6.18 Å². The summed E-state index contributed by atoms with van der Waals surface area (Å²) in [7, 11) is 0. The van der Waals surface area contributed by atoms with Gasteiger partial charge in [0.2, 0.25) is 0 Å². The normalized spacial score (nSPS) is 15.6. The second-order valence-corrected chi connectivity index (χ2v) is 10.9. The van der Waals surface area contributed by atoms with Crippen molar-refractivity contribution in [3.05, 3.63) is 77.0 Å². The molecule has 0 N–H and O–H groups in total. The van der Waals surface area contributed by atoms with Crippen LogP contribution in [0.2, 0.25) is 0 Å². The van der Waals surface area contributed by atoms with Gasteiger partial charge in [-0.2, -0.15) is 18.3 Å². The number of alkyl halides is 3. The van der Waals surface area contributed by atoms with Crippen molar-refractivity contribution in [2.24, 2.45) is 0 Å². The molecule has 0 unspecified atom stereocenters. The van der Waals surface area contributed by atoms with Gasteiger partial charge in [0.1, 0.15) is 0 Å². The van der Waals surface area contributed by atoms with Gasteiger partial charge in [-0.3, -0.25) is 0 Å². The molecule has 1 aliphatic rings. The van der Waals surface area contributed by atoms with Crippen molar-refractivity contribution < 1.29 is 13.2 Å². The zero-order chi connectivity index (χ0) is 24.5. The first-order valence-corrected chi connectivity index (χ1v) is 11.6. The summed E-state index contributed by atoms with van der Waals surface area (Å²) < 4.78 is 43.5. The molecule has 0 atom stereocenters. The molecular formula is C28H28F3N3. The highest BCUT2D eigenvalue weighted by Crippen LogP contribution is 2.45. The number of hydrogen-bond acceptors (Lipinski definition) is 2. The molecule has 34 heavy (non-hydrogen) atoms. The molecule has 3 nitrogen and oxygen atoms in total. The number of hydrogen-bond donors (Lipinski definition) is 0. The van der Waals surface area contributed by atoms with Gasteiger partial charge in [-0.25, -0.2) is 9.50 Å². The number of nitrogens with zero attached hydrogens (tertiary/aromatic N) is 3. The molecule has 6 heteroatoms. The van der Waals surface area contributed by atoms with E-state index in [2.05, 4.69) is 45.8 Å². The maximum Gasteiger partial charge on any atom is 0.433 e. The van der Waals surface area contributed by atoms with Crippen LogP contribution in [0.15, 0.2) is 54.6 Å². The van der Waals surface area contributed by atoms with Crippen LogP contribution in [0, 0.1) is 0 Å². The van der Waals surface area contributed by atoms with Gasteiger partial charge in [-0.1, -0.05) is 71.0 Å². The molecule has 4 aromatic rings. The first kappa shape index (κ1) is 22.6. The lowest BCUT2D eigenvalue weighted by atomic mass is 9.79. The van der Waals surface area contributed by atoms with Crippen molar-refractivity contribution in [2.45, 2.75) is 64.5 Å². The fraction of sp³-hybridized carbons (Fsp3) is 0.357. The van der Waals surface area contributed by atoms with Crippen LogP contribution in [-0.4, -0.2) is 14.6 Å². The fourth-order valence-electron chi connectivity index (χ4n) is 4.84. The highest BCUT2D eigenvalue weighted by molar-refractivity contribution is 5.72. The van der Waals surface area contributed by atoms with E-state index in [1.807, 2.05) is 36.4 Å². The van der Waals surface area contributed by atoms with E-state index in [1.54, 1.807) is 6.07 Å². The molecule has 0 fully saturated rings. The summed E-state index contributed by atoms with van der Waals surface area (Å²) in [6, 6.07) is 16.3. The highest BCUT2D eigenvalue weighted by Gasteiger charge is 2.37. The molecule has 2 heterocycles. The molecule has 2 aromatic carbocycles. The van der Waals surface area contributed by atoms with Gasteiger partial charge in [0.15, 0.2) is 11.3 Å². The monoisotopic (exact) mass is 463 g/mol. The number of fused-ring (bicyclic) bond motifs is 2. The van der Waals surface area contributed by atoms with Gasteiger partial charge in [-0.15, -0.1) is 0 Å². The van der Waals surface area contributed by atoms with Crippen molar-refractivity contribution in [2.75, 3.05) is 0 Å². The van der Waals surface area contributed by atoms with Crippen molar-refractivity contribution in [3.63, 3.8) is 0 Å². The van der Waals surface area contributed by atoms with E-state index in [1.165, 1.54) is 5.56 Å². The second kappa shape index (κ2) is 7.42. The molecule has 0 amide bonds. The Hall–Kier alpha value is -3.15. The predicted octanol–water partition coefficient (Wildman–Crippen LogP) is 7.60. The molecular weight excluding hydrogens is 435 g/mol. The summed E-state index contributed by atoms with van der Waals surface area (Å²) >= 11 is 0. The quantitative estimate of drug-likeness (QED) is 0.306. The fourth-order valence-corrected chi connectivity index (χ4v) is 4.84. The molecule has 2 aromatic heterocycles. The first-order valence-electron chi connectivity index (χ1n) is 11.6. The first-order chi connectivity index (χ1) is 15.8. The summed E-state index contributed by atoms with van der Waals surface area (Å²) in [5, 5.41) is 4.27. The molecule has 1 aliphatic carbocycles. The SMILES string of the molecule is CC(C)(C)c1cc(-c2cc(C(F)(F)F)n3nc(-c4ccccc4)cc3n2)c2c(c1)C(C)(C)CC2. The van der Waals surface area contributed by atoms with E-state index in [9.17, 15) is 13.2 Å². The van der Waals surface area contributed by atoms with E-state index in [0.29, 0.717) is 11.4 Å². The summed E-state index contributed by atoms with van der Waals surface area (Å²) in [4.78, 5) is 4.71. The van der Waals surface area contributed by atoms with Crippen LogP contribution in [0.1, 0.15) is 63.4 Å². The lowest BCUT2D eigenvalue weighted by Gasteiger charge is -2.26. The number of halogens is 3. The Kier molecular flexibility index (Phi) is 4.94. The molecule has 0 saturated heterocycles. The molecule has 0 saturated carbocycles. The third-order valence-electron chi connectivity index (χ3n) is 6.91. The van der Waals surface area contributed by atoms with Gasteiger partial charge in [0, 0.05) is 17.2 Å². The van der Waals surface area contributed by atoms with E-state index in [-0.39, 0.29) is 16.5 Å². The molecule has 0 bridgehead atoms. The Labute approximate surface area is 197 Å². The summed E-state index contributed by atoms with van der Waals surface area (Å²) in [5.74, 6) is 0. The van der Waals surface area contributed by atoms with Crippen molar-refractivity contribution >= 4 is 5.65 Å². The summed E-state index contributed by atoms with van der Waals surface area (Å²) in [6.07, 6.45) is -2.78. The molecule has 0 radical (unpaired) electrons. The molecule has 0 aliphatic heterocycles. The Morgan fingerprint density at radius 1 is 0.912 bits per heavy atom. The highest BCUT2D eigenvalue weighted by atomic mass is 19.4. The standard InChI is InChI=1S/C28H28F3N3/c1-26(2,3)18-13-20(19-11-12-27(4,5)21(19)14-18)23-15-24(28(29,30)31)34-25(32-23)16-22(33-34)17-9-7-6-8-10-17/h6-10,13-16H,11-12H2,1-5H3. The Balaban J connectivity index is 1.79. The number of benzene rings is 2. The molecule has 0 spiro atoms. The average molecular weight is 464 g/mol. The minimum absolute atomic E-state index is 0.0284. The van der Waals surface area contributed by atoms with Gasteiger partial charge < -0.3 is 0 Å². The van der Waals surface area contributed by atoms with E-state index < -0.39 is 11.9 Å². The smallest absolute Gasteiger partial charge is 0.228 e. The third-order valence-corrected chi connectivity index (χ3v) is 6.91. The topological polar surface area (TPSA) is 30.2 Å². The van der Waals surface area contributed by atoms with Gasteiger partial charge in [0.25, 0.3) is 0 Å². The maximum absolute atomic E-state index is 14.2. The predicted molar refractivity (Wildman–Crippen MR) is 129 cm³/mol. The van der Waals surface area contributed by atoms with Gasteiger partial charge in [0.05, 0.1) is 11.4 Å². The van der Waals surface area contributed by atoms with Crippen LogP contribution < -0.4 is 0 Å². The zero-order valence-corrected chi connectivity index (χ0v) is 20.1. The largest absolute Gasteiger partial charge is 0.433 e. The van der Waals surface area contributed by atoms with Gasteiger partial charge in [-0.05, 0) is 52.5 Å². The van der Waals surface area contributed by atoms with Crippen LogP contribution in [0.4, 0.5) is 13.2 Å². The van der Waals surface area contributed by atoms with Crippen LogP contribution in [0.3, 0.4) is 0 Å². The van der Waals surface area contributed by atoms with E-state index in [4.69, 9.17) is 4.98 Å². The Morgan fingerprint density at radius 2 is 1.62 bits per heavy atom. The van der Waals surface area contributed by atoms with Crippen molar-refractivity contribution in [1.82, 2.24) is 14.6 Å². The average Bonchev–Trinajstić information content (AvgIpc) is 3.32. The minimum atomic E-state index is -4.57. The van der Waals surface area contributed by atoms with Crippen LogP contribution in [0.25, 0.3) is 28.2 Å². The third kappa shape index (κ3) is 3.79. The van der Waals surface area contributed by atoms with E-state index >= 15 is 0 Å². The van der Waals surface area contributed by atoms with E-state index in [0.717, 1.165) is 45.7 Å². The molecule has 176 valence electrons. The number of aromatic nitrogens is 3. The zero-order valence-electron chi connectivity index (χ0n) is 20.1. The summed E-state index contributed by atoms with van der Waals surface area (Å²) in [6.45, 7) is 10.8. The second-order valence-electron chi connectivity index (χ2n) is 10.9. The lowest BCUT2D eigenvalue weighted by molar-refractivity contribution is -0.142. The number of rotatable bonds is 2. The maximum atomic E-state index is 14.2. The van der Waals surface area contributed by atoms with Crippen molar-refractivity contribution in [3.8, 4) is 22.5 Å². The Bertz CT molecular complexity index is 1390. The Morgan fingerprint density at radius 3 is 2.26 bits per heavy atom. The lowest BCUT2D eigenvalue weighted by Crippen LogP contribution is -2.17. The van der Waals surface area contributed by atoms with Crippen LogP contribution in [-0.2, 0) is 23.4 Å². The summed E-state index contributed by atoms with van der Waals surface area (Å²) in [5.41, 5.74) is 4.97. The molecule has 5 rings (SSSR count). The minimum Gasteiger partial charge on any atom is -0.228 e.